The van der Waals surface area contributed by atoms with Gasteiger partial charge in [-0.15, -0.1) is 11.8 Å². The van der Waals surface area contributed by atoms with E-state index in [1.54, 1.807) is 26.4 Å². The Labute approximate surface area is 245 Å². The quantitative estimate of drug-likeness (QED) is 0.100. The van der Waals surface area contributed by atoms with Crippen LogP contribution in [0.15, 0.2) is 67.4 Å². The average molecular weight is 586 g/mol. The molecule has 11 heteroatoms. The number of aromatic amines is 1. The second-order valence-corrected chi connectivity index (χ2v) is 10.9. The van der Waals surface area contributed by atoms with E-state index < -0.39 is 11.6 Å². The number of nitrogens with zero attached hydrogens (tertiary/aromatic N) is 4. The second kappa shape index (κ2) is 14.5. The maximum atomic E-state index is 15.1. The number of aliphatic hydroxyl groups is 1. The van der Waals surface area contributed by atoms with Crippen molar-refractivity contribution < 1.29 is 13.9 Å². The third-order valence-corrected chi connectivity index (χ3v) is 7.72. The van der Waals surface area contributed by atoms with Crippen LogP contribution in [0.4, 0.5) is 20.3 Å². The molecule has 3 rings (SSSR count). The molecule has 1 aliphatic rings. The lowest BCUT2D eigenvalue weighted by Gasteiger charge is -2.24. The van der Waals surface area contributed by atoms with Crippen LogP contribution in [-0.2, 0) is 0 Å². The number of amidine groups is 1. The van der Waals surface area contributed by atoms with Gasteiger partial charge >= 0.3 is 0 Å². The highest BCUT2D eigenvalue weighted by atomic mass is 32.2. The summed E-state index contributed by atoms with van der Waals surface area (Å²) in [5, 5.41) is 20.0. The normalized spacial score (nSPS) is 16.0. The molecule has 0 saturated heterocycles. The fourth-order valence-corrected chi connectivity index (χ4v) is 4.94. The molecule has 0 radical (unpaired) electrons. The smallest absolute Gasteiger partial charge is 0.153 e. The minimum Gasteiger partial charge on any atom is -0.404 e. The van der Waals surface area contributed by atoms with Gasteiger partial charge in [-0.2, -0.15) is 5.10 Å². The van der Waals surface area contributed by atoms with Crippen molar-refractivity contribution in [3.8, 4) is 0 Å². The molecule has 0 bridgehead atoms. The topological polar surface area (TPSA) is 115 Å². The van der Waals surface area contributed by atoms with Crippen LogP contribution in [0.5, 0.6) is 0 Å². The average Bonchev–Trinajstić information content (AvgIpc) is 3.70. The summed E-state index contributed by atoms with van der Waals surface area (Å²) in [6.07, 6.45) is 5.98. The van der Waals surface area contributed by atoms with Crippen LogP contribution in [0.25, 0.3) is 0 Å². The van der Waals surface area contributed by atoms with Crippen molar-refractivity contribution in [2.45, 2.75) is 58.8 Å². The van der Waals surface area contributed by atoms with Crippen LogP contribution >= 0.6 is 11.8 Å². The Morgan fingerprint density at radius 3 is 2.39 bits per heavy atom. The fourth-order valence-electron chi connectivity index (χ4n) is 4.50. The summed E-state index contributed by atoms with van der Waals surface area (Å²) in [6, 6.07) is 4.51. The number of halogens is 2. The summed E-state index contributed by atoms with van der Waals surface area (Å²) < 4.78 is 30.1. The van der Waals surface area contributed by atoms with Crippen LogP contribution in [0.1, 0.15) is 52.7 Å². The Morgan fingerprint density at radius 1 is 1.24 bits per heavy atom. The van der Waals surface area contributed by atoms with Crippen LogP contribution < -0.4 is 16.0 Å². The highest BCUT2D eigenvalue weighted by Gasteiger charge is 2.34. The third kappa shape index (κ3) is 7.85. The van der Waals surface area contributed by atoms with E-state index in [-0.39, 0.29) is 24.8 Å². The number of hydrogen-bond acceptors (Lipinski definition) is 7. The molecule has 1 aliphatic carbocycles. The lowest BCUT2D eigenvalue weighted by atomic mass is 9.87. The van der Waals surface area contributed by atoms with Crippen molar-refractivity contribution in [2.75, 3.05) is 36.7 Å². The number of allylic oxidation sites excluding steroid dienone is 4. The predicted molar refractivity (Wildman–Crippen MR) is 167 cm³/mol. The van der Waals surface area contributed by atoms with E-state index in [0.29, 0.717) is 28.1 Å². The number of nitrogens with one attached hydrogen (secondary N) is 2. The third-order valence-electron chi connectivity index (χ3n) is 7.01. The van der Waals surface area contributed by atoms with Gasteiger partial charge in [-0.3, -0.25) is 10.1 Å². The van der Waals surface area contributed by atoms with E-state index in [0.717, 1.165) is 47.2 Å². The SMILES string of the molecule is CC/C(C)=C(C(=C\N)\C(C)=NCCO)/C(=C(\N=C(/C)N(C)c1c(F)cc(SC)cc1F)Nc1cc(C)[nH]n1)C1CC1. The maximum absolute atomic E-state index is 15.1. The second-order valence-electron chi connectivity index (χ2n) is 10.0. The van der Waals surface area contributed by atoms with Gasteiger partial charge in [0.2, 0.25) is 0 Å². The molecule has 1 aromatic carbocycles. The molecule has 0 aliphatic heterocycles. The van der Waals surface area contributed by atoms with Crippen LogP contribution in [0.3, 0.4) is 0 Å². The Hall–Kier alpha value is -3.44. The molecule has 222 valence electrons. The number of H-pyrrole nitrogens is 1. The van der Waals surface area contributed by atoms with Gasteiger partial charge in [0.15, 0.2) is 17.5 Å². The van der Waals surface area contributed by atoms with Gasteiger partial charge in [0.05, 0.1) is 13.2 Å². The fraction of sp³-hybridized carbons (Fsp3) is 0.433. The lowest BCUT2D eigenvalue weighted by molar-refractivity contribution is 0.307. The first-order chi connectivity index (χ1) is 19.6. The van der Waals surface area contributed by atoms with E-state index in [4.69, 9.17) is 10.7 Å². The van der Waals surface area contributed by atoms with Crippen molar-refractivity contribution in [2.24, 2.45) is 21.6 Å². The van der Waals surface area contributed by atoms with Crippen molar-refractivity contribution in [3.05, 3.63) is 69.8 Å². The first-order valence-electron chi connectivity index (χ1n) is 13.7. The molecule has 1 fully saturated rings. The summed E-state index contributed by atoms with van der Waals surface area (Å²) in [5.41, 5.74) is 11.3. The highest BCUT2D eigenvalue weighted by Crippen LogP contribution is 2.45. The molecule has 1 aromatic heterocycles. The van der Waals surface area contributed by atoms with E-state index >= 15 is 8.78 Å². The number of rotatable bonds is 12. The van der Waals surface area contributed by atoms with E-state index in [9.17, 15) is 5.11 Å². The Bertz CT molecular complexity index is 1380. The summed E-state index contributed by atoms with van der Waals surface area (Å²) >= 11 is 1.27. The van der Waals surface area contributed by atoms with E-state index in [1.807, 2.05) is 19.9 Å². The van der Waals surface area contributed by atoms with Crippen molar-refractivity contribution >= 4 is 34.8 Å². The standard InChI is InChI=1S/C30H41F2N7OS/c1-8-17(2)27(23(16-33)19(4)34-11-12-40)28(21-9-10-21)30(36-26-13-18(3)37-38-26)35-20(5)39(6)29-24(31)14-22(41-7)15-25(29)32/h13-16,21,40H,8-12,33H2,1-7H3,(H2,36,37,38)/b23-16+,27-17+,30-28+,34-19?,35-20+. The number of hydrogen-bond donors (Lipinski definition) is 4. The molecule has 0 amide bonds. The summed E-state index contributed by atoms with van der Waals surface area (Å²) in [6.45, 7) is 9.81. The zero-order chi connectivity index (χ0) is 30.3. The van der Waals surface area contributed by atoms with Gasteiger partial charge in [-0.1, -0.05) is 12.5 Å². The summed E-state index contributed by atoms with van der Waals surface area (Å²) in [5.74, 6) is 0.315. The molecule has 5 N–H and O–H groups in total. The van der Waals surface area contributed by atoms with E-state index in [1.165, 1.54) is 28.8 Å². The number of aliphatic imine (C=N–C) groups is 2. The molecule has 2 aromatic rings. The number of nitrogens with two attached hydrogens (primary N) is 1. The molecule has 41 heavy (non-hydrogen) atoms. The van der Waals surface area contributed by atoms with Crippen LogP contribution in [0.2, 0.25) is 0 Å². The van der Waals surface area contributed by atoms with Crippen LogP contribution in [0, 0.1) is 24.5 Å². The molecule has 0 unspecified atom stereocenters. The zero-order valence-corrected chi connectivity index (χ0v) is 25.7. The lowest BCUT2D eigenvalue weighted by Crippen LogP contribution is -2.26. The number of anilines is 2. The van der Waals surface area contributed by atoms with Crippen molar-refractivity contribution in [1.82, 2.24) is 10.2 Å². The predicted octanol–water partition coefficient (Wildman–Crippen LogP) is 6.33. The Kier molecular flexibility index (Phi) is 11.3. The van der Waals surface area contributed by atoms with Gasteiger partial charge in [-0.25, -0.2) is 13.8 Å². The maximum Gasteiger partial charge on any atom is 0.153 e. The summed E-state index contributed by atoms with van der Waals surface area (Å²) in [7, 11) is 1.59. The molecular weight excluding hydrogens is 544 g/mol. The Morgan fingerprint density at radius 2 is 1.90 bits per heavy atom. The molecule has 0 atom stereocenters. The molecule has 8 nitrogen and oxygen atoms in total. The zero-order valence-electron chi connectivity index (χ0n) is 24.9. The summed E-state index contributed by atoms with van der Waals surface area (Å²) in [4.78, 5) is 11.4. The van der Waals surface area contributed by atoms with Gasteiger partial charge in [0, 0.05) is 46.8 Å². The number of benzene rings is 1. The van der Waals surface area contributed by atoms with Gasteiger partial charge < -0.3 is 21.1 Å². The van der Waals surface area contributed by atoms with Gasteiger partial charge in [0.1, 0.15) is 17.3 Å². The molecule has 1 saturated carbocycles. The van der Waals surface area contributed by atoms with Crippen molar-refractivity contribution in [3.63, 3.8) is 0 Å². The first kappa shape index (κ1) is 32.1. The number of aliphatic hydroxyl groups excluding tert-OH is 1. The molecule has 1 heterocycles. The first-order valence-corrected chi connectivity index (χ1v) is 14.9. The monoisotopic (exact) mass is 585 g/mol. The largest absolute Gasteiger partial charge is 0.404 e. The van der Waals surface area contributed by atoms with Crippen molar-refractivity contribution in [1.29, 1.82) is 0 Å². The Balaban J connectivity index is 2.28. The van der Waals surface area contributed by atoms with Crippen LogP contribution in [-0.4, -0.2) is 53.3 Å². The van der Waals surface area contributed by atoms with Gasteiger partial charge in [0.25, 0.3) is 0 Å². The minimum absolute atomic E-state index is 0.0709. The highest BCUT2D eigenvalue weighted by molar-refractivity contribution is 7.98. The molecular formula is C30H41F2N7OS. The molecule has 0 spiro atoms. The number of aromatic nitrogens is 2. The minimum atomic E-state index is -0.665. The number of aryl methyl sites for hydroxylation is 1. The number of thioether (sulfide) groups is 1. The van der Waals surface area contributed by atoms with Gasteiger partial charge in [-0.05, 0) is 76.8 Å². The van der Waals surface area contributed by atoms with E-state index in [2.05, 4.69) is 34.4 Å².